The van der Waals surface area contributed by atoms with Crippen LogP contribution in [0.15, 0.2) is 75.5 Å². The molecule has 0 N–H and O–H groups in total. The molecule has 1 aliphatic rings. The van der Waals surface area contributed by atoms with Crippen molar-refractivity contribution >= 4 is 45.1 Å². The summed E-state index contributed by atoms with van der Waals surface area (Å²) in [6.45, 7) is 4.13. The molecular formula is C23H20N2OS3. The van der Waals surface area contributed by atoms with Crippen LogP contribution in [0, 0.1) is 13.8 Å². The summed E-state index contributed by atoms with van der Waals surface area (Å²) in [5, 5.41) is 1.96. The summed E-state index contributed by atoms with van der Waals surface area (Å²) >= 11 is 5.32. The topological polar surface area (TPSA) is 34.9 Å². The average Bonchev–Trinajstić information content (AvgIpc) is 3.05. The zero-order valence-electron chi connectivity index (χ0n) is 16.2. The molecule has 0 saturated carbocycles. The Morgan fingerprint density at radius 1 is 1.03 bits per heavy atom. The van der Waals surface area contributed by atoms with Crippen LogP contribution in [0.2, 0.25) is 0 Å². The number of fused-ring (bicyclic) bond motifs is 3. The van der Waals surface area contributed by atoms with Crippen molar-refractivity contribution in [2.45, 2.75) is 35.2 Å². The lowest BCUT2D eigenvalue weighted by molar-refractivity contribution is 0.526. The molecule has 0 unspecified atom stereocenters. The Morgan fingerprint density at radius 2 is 1.72 bits per heavy atom. The van der Waals surface area contributed by atoms with Gasteiger partial charge in [-0.3, -0.25) is 4.79 Å². The lowest BCUT2D eigenvalue weighted by Gasteiger charge is -2.35. The lowest BCUT2D eigenvalue weighted by Crippen LogP contribution is -2.32. The van der Waals surface area contributed by atoms with E-state index in [4.69, 9.17) is 0 Å². The normalized spacial score (nSPS) is 18.7. The third kappa shape index (κ3) is 3.33. The first kappa shape index (κ1) is 19.0. The van der Waals surface area contributed by atoms with Gasteiger partial charge in [-0.05, 0) is 37.1 Å². The van der Waals surface area contributed by atoms with Crippen LogP contribution >= 0.6 is 34.9 Å². The Morgan fingerprint density at radius 3 is 2.45 bits per heavy atom. The fraction of sp³-hybridized carbons (Fsp3) is 0.217. The van der Waals surface area contributed by atoms with Gasteiger partial charge in [-0.25, -0.2) is 0 Å². The first-order valence-corrected chi connectivity index (χ1v) is 12.2. The third-order valence-corrected chi connectivity index (χ3v) is 9.14. The molecule has 0 radical (unpaired) electrons. The first-order valence-electron chi connectivity index (χ1n) is 9.55. The number of benzene rings is 2. The van der Waals surface area contributed by atoms with Gasteiger partial charge in [0, 0.05) is 20.8 Å². The first-order chi connectivity index (χ1) is 14.1. The Hall–Kier alpha value is -2.02. The van der Waals surface area contributed by atoms with Gasteiger partial charge in [0.05, 0.1) is 11.4 Å². The smallest absolute Gasteiger partial charge is 0.282 e. The molecule has 3 heterocycles. The number of aromatic nitrogens is 2. The Kier molecular flexibility index (Phi) is 5.02. The molecular weight excluding hydrogens is 416 g/mol. The summed E-state index contributed by atoms with van der Waals surface area (Å²) in [5.41, 5.74) is 2.23. The van der Waals surface area contributed by atoms with E-state index >= 15 is 0 Å². The molecule has 2 atom stereocenters. The van der Waals surface area contributed by atoms with E-state index in [0.717, 1.165) is 26.7 Å². The highest BCUT2D eigenvalue weighted by Gasteiger charge is 2.34. The third-order valence-electron chi connectivity index (χ3n) is 5.38. The maximum Gasteiger partial charge on any atom is 0.282 e. The van der Waals surface area contributed by atoms with Crippen molar-refractivity contribution in [2.75, 3.05) is 5.75 Å². The number of aryl methyl sites for hydroxylation is 2. The van der Waals surface area contributed by atoms with Gasteiger partial charge < -0.3 is 4.57 Å². The van der Waals surface area contributed by atoms with Gasteiger partial charge in [0.2, 0.25) is 0 Å². The molecule has 6 heteroatoms. The SMILES string of the molecule is Cc1sc2c(c1C)c(=O)nc1n2[C@H](c2ccccc2)[C@H](Sc2ccccc2)CS1. The molecule has 2 aromatic heterocycles. The number of thioether (sulfide) groups is 2. The van der Waals surface area contributed by atoms with E-state index in [-0.39, 0.29) is 11.6 Å². The molecule has 0 fully saturated rings. The van der Waals surface area contributed by atoms with E-state index in [9.17, 15) is 4.79 Å². The van der Waals surface area contributed by atoms with Crippen molar-refractivity contribution in [1.82, 2.24) is 9.55 Å². The van der Waals surface area contributed by atoms with Crippen molar-refractivity contribution in [3.8, 4) is 0 Å². The zero-order chi connectivity index (χ0) is 20.0. The zero-order valence-corrected chi connectivity index (χ0v) is 18.6. The highest BCUT2D eigenvalue weighted by molar-refractivity contribution is 8.03. The molecule has 0 saturated heterocycles. The number of rotatable bonds is 3. The summed E-state index contributed by atoms with van der Waals surface area (Å²) in [7, 11) is 0. The van der Waals surface area contributed by atoms with E-state index < -0.39 is 0 Å². The predicted octanol–water partition coefficient (Wildman–Crippen LogP) is 5.93. The van der Waals surface area contributed by atoms with E-state index in [1.54, 1.807) is 23.1 Å². The molecule has 0 aliphatic carbocycles. The molecule has 4 aromatic rings. The highest BCUT2D eigenvalue weighted by atomic mass is 32.2. The lowest BCUT2D eigenvalue weighted by atomic mass is 10.0. The van der Waals surface area contributed by atoms with E-state index in [1.165, 1.54) is 15.3 Å². The highest BCUT2D eigenvalue weighted by Crippen LogP contribution is 2.45. The van der Waals surface area contributed by atoms with Crippen molar-refractivity contribution in [3.63, 3.8) is 0 Å². The standard InChI is InChI=1S/C23H20N2OS3/c1-14-15(2)28-22-19(14)21(26)24-23-25(22)20(16-9-5-3-6-10-16)18(13-27-23)29-17-11-7-4-8-12-17/h3-12,18,20H,13H2,1-2H3/t18-,20-/m1/s1. The van der Waals surface area contributed by atoms with Crippen LogP contribution in [0.1, 0.15) is 22.0 Å². The summed E-state index contributed by atoms with van der Waals surface area (Å²) < 4.78 is 2.32. The van der Waals surface area contributed by atoms with Crippen LogP contribution in [0.5, 0.6) is 0 Å². The summed E-state index contributed by atoms with van der Waals surface area (Å²) in [6, 6.07) is 21.3. The summed E-state index contributed by atoms with van der Waals surface area (Å²) in [6.07, 6.45) is 0. The molecule has 5 rings (SSSR count). The Labute approximate surface area is 182 Å². The van der Waals surface area contributed by atoms with Crippen molar-refractivity contribution in [1.29, 1.82) is 0 Å². The average molecular weight is 437 g/mol. The fourth-order valence-corrected chi connectivity index (χ4v) is 7.64. The fourth-order valence-electron chi connectivity index (χ4n) is 3.86. The van der Waals surface area contributed by atoms with Crippen molar-refractivity contribution in [3.05, 3.63) is 87.0 Å². The van der Waals surface area contributed by atoms with Crippen LogP contribution in [-0.2, 0) is 0 Å². The molecule has 2 aromatic carbocycles. The van der Waals surface area contributed by atoms with Crippen molar-refractivity contribution in [2.24, 2.45) is 0 Å². The predicted molar refractivity (Wildman–Crippen MR) is 125 cm³/mol. The largest absolute Gasteiger partial charge is 0.303 e. The molecule has 0 bridgehead atoms. The minimum Gasteiger partial charge on any atom is -0.303 e. The van der Waals surface area contributed by atoms with Gasteiger partial charge in [0.1, 0.15) is 4.83 Å². The number of hydrogen-bond acceptors (Lipinski definition) is 5. The van der Waals surface area contributed by atoms with Gasteiger partial charge in [-0.1, -0.05) is 60.3 Å². The molecule has 29 heavy (non-hydrogen) atoms. The van der Waals surface area contributed by atoms with Gasteiger partial charge in [0.15, 0.2) is 5.16 Å². The Bertz CT molecular complexity index is 1230. The Balaban J connectivity index is 1.73. The van der Waals surface area contributed by atoms with Crippen LogP contribution in [0.4, 0.5) is 0 Å². The van der Waals surface area contributed by atoms with E-state index in [1.807, 2.05) is 18.7 Å². The molecule has 3 nitrogen and oxygen atoms in total. The van der Waals surface area contributed by atoms with Crippen LogP contribution in [-0.4, -0.2) is 20.6 Å². The second kappa shape index (κ2) is 7.67. The van der Waals surface area contributed by atoms with Crippen molar-refractivity contribution < 1.29 is 0 Å². The molecule has 1 aliphatic heterocycles. The van der Waals surface area contributed by atoms with Gasteiger partial charge >= 0.3 is 0 Å². The van der Waals surface area contributed by atoms with E-state index in [0.29, 0.717) is 5.25 Å². The van der Waals surface area contributed by atoms with Gasteiger partial charge in [-0.15, -0.1) is 23.1 Å². The molecule has 0 spiro atoms. The summed E-state index contributed by atoms with van der Waals surface area (Å²) in [5.74, 6) is 0.917. The van der Waals surface area contributed by atoms with Crippen LogP contribution in [0.25, 0.3) is 10.2 Å². The van der Waals surface area contributed by atoms with Gasteiger partial charge in [-0.2, -0.15) is 4.98 Å². The second-order valence-electron chi connectivity index (χ2n) is 7.17. The molecule has 146 valence electrons. The van der Waals surface area contributed by atoms with Crippen LogP contribution < -0.4 is 5.56 Å². The number of hydrogen-bond donors (Lipinski definition) is 0. The molecule has 0 amide bonds. The minimum atomic E-state index is -0.0958. The monoisotopic (exact) mass is 436 g/mol. The maximum absolute atomic E-state index is 12.8. The van der Waals surface area contributed by atoms with Gasteiger partial charge in [0.25, 0.3) is 5.56 Å². The van der Waals surface area contributed by atoms with Crippen LogP contribution in [0.3, 0.4) is 0 Å². The maximum atomic E-state index is 12.8. The summed E-state index contributed by atoms with van der Waals surface area (Å²) in [4.78, 5) is 20.8. The van der Waals surface area contributed by atoms with E-state index in [2.05, 4.69) is 77.1 Å². The second-order valence-corrected chi connectivity index (χ2v) is 10.7. The number of nitrogens with zero attached hydrogens (tertiary/aromatic N) is 2. The quantitative estimate of drug-likeness (QED) is 0.373. The minimum absolute atomic E-state index is 0.0958. The number of thiophene rings is 1.